The van der Waals surface area contributed by atoms with Crippen molar-refractivity contribution in [3.63, 3.8) is 0 Å². The summed E-state index contributed by atoms with van der Waals surface area (Å²) in [5.74, 6) is 0.715. The van der Waals surface area contributed by atoms with Gasteiger partial charge in [-0.15, -0.1) is 0 Å². The van der Waals surface area contributed by atoms with E-state index in [-0.39, 0.29) is 11.4 Å². The topological polar surface area (TPSA) is 85.8 Å². The number of hydrogen-bond donors (Lipinski definition) is 3. The molecule has 0 spiro atoms. The zero-order valence-corrected chi connectivity index (χ0v) is 18.5. The van der Waals surface area contributed by atoms with E-state index in [1.807, 2.05) is 19.9 Å². The van der Waals surface area contributed by atoms with Crippen molar-refractivity contribution in [3.8, 4) is 0 Å². The Hall–Kier alpha value is -2.58. The number of hydrogen-bond acceptors (Lipinski definition) is 4. The number of sulfonamides is 1. The van der Waals surface area contributed by atoms with Crippen LogP contribution in [0.15, 0.2) is 64.5 Å². The third kappa shape index (κ3) is 6.21. The Morgan fingerprint density at radius 3 is 2.57 bits per heavy atom. The minimum atomic E-state index is -3.51. The summed E-state index contributed by atoms with van der Waals surface area (Å²) in [6, 6.07) is 17.5. The van der Waals surface area contributed by atoms with E-state index in [1.165, 1.54) is 5.69 Å². The van der Waals surface area contributed by atoms with Gasteiger partial charge in [-0.1, -0.05) is 35.9 Å². The number of guanidine groups is 1. The lowest BCUT2D eigenvalue weighted by Crippen LogP contribution is -2.45. The summed E-state index contributed by atoms with van der Waals surface area (Å²) in [6.07, 6.45) is 1.03. The molecule has 162 valence electrons. The van der Waals surface area contributed by atoms with Crippen molar-refractivity contribution in [3.05, 3.63) is 60.2 Å². The van der Waals surface area contributed by atoms with Crippen LogP contribution in [0.5, 0.6) is 0 Å². The van der Waals surface area contributed by atoms with Crippen LogP contribution in [0, 0.1) is 6.92 Å². The van der Waals surface area contributed by atoms with E-state index in [4.69, 9.17) is 0 Å². The van der Waals surface area contributed by atoms with Gasteiger partial charge in [0.1, 0.15) is 0 Å². The van der Waals surface area contributed by atoms with E-state index in [0.29, 0.717) is 18.5 Å². The summed E-state index contributed by atoms with van der Waals surface area (Å²) >= 11 is 0. The van der Waals surface area contributed by atoms with Crippen LogP contribution in [0.4, 0.5) is 5.69 Å². The molecule has 0 radical (unpaired) electrons. The van der Waals surface area contributed by atoms with Gasteiger partial charge in [-0.3, -0.25) is 4.99 Å². The van der Waals surface area contributed by atoms with Crippen LogP contribution in [0.2, 0.25) is 0 Å². The predicted octanol–water partition coefficient (Wildman–Crippen LogP) is 2.11. The van der Waals surface area contributed by atoms with Gasteiger partial charge in [-0.25, -0.2) is 13.1 Å². The third-order valence-electron chi connectivity index (χ3n) is 5.00. The van der Waals surface area contributed by atoms with Crippen LogP contribution in [-0.2, 0) is 10.0 Å². The zero-order valence-electron chi connectivity index (χ0n) is 17.6. The van der Waals surface area contributed by atoms with Crippen molar-refractivity contribution >= 4 is 21.7 Å². The predicted molar refractivity (Wildman–Crippen MR) is 123 cm³/mol. The first-order valence-corrected chi connectivity index (χ1v) is 11.9. The average molecular weight is 430 g/mol. The van der Waals surface area contributed by atoms with Crippen LogP contribution < -0.4 is 20.3 Å². The highest BCUT2D eigenvalue weighted by molar-refractivity contribution is 7.89. The number of aryl methyl sites for hydroxylation is 1. The Morgan fingerprint density at radius 2 is 1.87 bits per heavy atom. The second kappa shape index (κ2) is 10.4. The van der Waals surface area contributed by atoms with E-state index in [2.05, 4.69) is 49.5 Å². The second-order valence-electron chi connectivity index (χ2n) is 7.38. The molecule has 3 rings (SSSR count). The Kier molecular flexibility index (Phi) is 7.70. The number of benzene rings is 2. The van der Waals surface area contributed by atoms with Gasteiger partial charge in [0, 0.05) is 37.9 Å². The lowest BCUT2D eigenvalue weighted by atomic mass is 10.2. The first kappa shape index (κ1) is 22.1. The maximum atomic E-state index is 12.4. The summed E-state index contributed by atoms with van der Waals surface area (Å²) in [6.45, 7) is 7.20. The van der Waals surface area contributed by atoms with Crippen LogP contribution in [0.3, 0.4) is 0 Å². The lowest BCUT2D eigenvalue weighted by Gasteiger charge is -2.20. The van der Waals surface area contributed by atoms with Gasteiger partial charge in [0.2, 0.25) is 10.0 Å². The number of nitrogens with one attached hydrogen (secondary N) is 3. The molecule has 1 aliphatic rings. The molecule has 1 unspecified atom stereocenters. The average Bonchev–Trinajstić information content (AvgIpc) is 3.21. The molecule has 1 saturated heterocycles. The maximum absolute atomic E-state index is 12.4. The highest BCUT2D eigenvalue weighted by Gasteiger charge is 2.23. The summed E-state index contributed by atoms with van der Waals surface area (Å²) in [4.78, 5) is 7.16. The van der Waals surface area contributed by atoms with Gasteiger partial charge in [-0.2, -0.15) is 0 Å². The van der Waals surface area contributed by atoms with Crippen molar-refractivity contribution in [2.24, 2.45) is 4.99 Å². The SMILES string of the molecule is CCNC(=NCCNS(=O)(=O)c1ccc(C)cc1)NC1CCN(c2ccccc2)C1. The van der Waals surface area contributed by atoms with Gasteiger partial charge in [0.15, 0.2) is 5.96 Å². The van der Waals surface area contributed by atoms with Crippen molar-refractivity contribution in [1.29, 1.82) is 0 Å². The molecule has 2 aromatic carbocycles. The molecule has 0 aromatic heterocycles. The summed E-state index contributed by atoms with van der Waals surface area (Å²) in [7, 11) is -3.51. The fourth-order valence-corrected chi connectivity index (χ4v) is 4.43. The minimum absolute atomic E-state index is 0.244. The molecule has 1 atom stereocenters. The van der Waals surface area contributed by atoms with Crippen LogP contribution in [0.1, 0.15) is 18.9 Å². The lowest BCUT2D eigenvalue weighted by molar-refractivity contribution is 0.582. The van der Waals surface area contributed by atoms with E-state index >= 15 is 0 Å². The number of nitrogens with zero attached hydrogens (tertiary/aromatic N) is 2. The number of para-hydroxylation sites is 1. The van der Waals surface area contributed by atoms with Crippen molar-refractivity contribution in [2.75, 3.05) is 37.6 Å². The molecule has 0 saturated carbocycles. The molecule has 0 aliphatic carbocycles. The van der Waals surface area contributed by atoms with Crippen molar-refractivity contribution in [2.45, 2.75) is 31.2 Å². The van der Waals surface area contributed by atoms with Gasteiger partial charge in [0.05, 0.1) is 11.4 Å². The Labute approximate surface area is 179 Å². The largest absolute Gasteiger partial charge is 0.369 e. The Bertz CT molecular complexity index is 930. The van der Waals surface area contributed by atoms with Gasteiger partial charge in [0.25, 0.3) is 0 Å². The van der Waals surface area contributed by atoms with Crippen LogP contribution in [-0.4, -0.2) is 53.1 Å². The molecule has 8 heteroatoms. The summed E-state index contributed by atoms with van der Waals surface area (Å²) in [5.41, 5.74) is 2.26. The van der Waals surface area contributed by atoms with E-state index in [1.54, 1.807) is 24.3 Å². The normalized spacial score (nSPS) is 17.2. The molecule has 1 aliphatic heterocycles. The molecular weight excluding hydrogens is 398 g/mol. The summed E-state index contributed by atoms with van der Waals surface area (Å²) < 4.78 is 27.3. The fraction of sp³-hybridized carbons (Fsp3) is 0.409. The molecule has 0 amide bonds. The molecular formula is C22H31N5O2S. The smallest absolute Gasteiger partial charge is 0.240 e. The van der Waals surface area contributed by atoms with Gasteiger partial charge < -0.3 is 15.5 Å². The molecule has 30 heavy (non-hydrogen) atoms. The third-order valence-corrected chi connectivity index (χ3v) is 6.48. The molecule has 3 N–H and O–H groups in total. The van der Waals surface area contributed by atoms with E-state index in [0.717, 1.165) is 31.6 Å². The van der Waals surface area contributed by atoms with Crippen LogP contribution in [0.25, 0.3) is 0 Å². The number of anilines is 1. The highest BCUT2D eigenvalue weighted by atomic mass is 32.2. The van der Waals surface area contributed by atoms with Gasteiger partial charge in [-0.05, 0) is 44.5 Å². The first-order valence-electron chi connectivity index (χ1n) is 10.4. The van der Waals surface area contributed by atoms with E-state index in [9.17, 15) is 8.42 Å². The Balaban J connectivity index is 1.50. The molecule has 1 heterocycles. The molecule has 0 bridgehead atoms. The quantitative estimate of drug-likeness (QED) is 0.340. The van der Waals surface area contributed by atoms with Crippen molar-refractivity contribution in [1.82, 2.24) is 15.4 Å². The van der Waals surface area contributed by atoms with E-state index < -0.39 is 10.0 Å². The molecule has 7 nitrogen and oxygen atoms in total. The first-order chi connectivity index (χ1) is 14.5. The summed E-state index contributed by atoms with van der Waals surface area (Å²) in [5, 5.41) is 6.71. The monoisotopic (exact) mass is 429 g/mol. The maximum Gasteiger partial charge on any atom is 0.240 e. The molecule has 2 aromatic rings. The number of aliphatic imine (C=N–C) groups is 1. The fourth-order valence-electron chi connectivity index (χ4n) is 3.41. The standard InChI is InChI=1S/C22H31N5O2S/c1-3-23-22(26-19-13-16-27(17-19)20-7-5-4-6-8-20)24-14-15-25-30(28,29)21-11-9-18(2)10-12-21/h4-12,19,25H,3,13-17H2,1-2H3,(H2,23,24,26). The van der Waals surface area contributed by atoms with Crippen LogP contribution >= 0.6 is 0 Å². The molecule has 1 fully saturated rings. The zero-order chi connectivity index (χ0) is 21.4. The Morgan fingerprint density at radius 1 is 1.13 bits per heavy atom. The number of rotatable bonds is 8. The van der Waals surface area contributed by atoms with Crippen molar-refractivity contribution < 1.29 is 8.42 Å². The van der Waals surface area contributed by atoms with Gasteiger partial charge >= 0.3 is 0 Å². The highest BCUT2D eigenvalue weighted by Crippen LogP contribution is 2.19. The minimum Gasteiger partial charge on any atom is -0.369 e. The second-order valence-corrected chi connectivity index (χ2v) is 9.15.